The Bertz CT molecular complexity index is 656. The second-order valence-corrected chi connectivity index (χ2v) is 4.34. The molecule has 3 nitrogen and oxygen atoms in total. The summed E-state index contributed by atoms with van der Waals surface area (Å²) >= 11 is 1.50. The van der Waals surface area contributed by atoms with Crippen LogP contribution in [0.3, 0.4) is 0 Å². The SMILES string of the molecule is Cc1ncsc1-c1nc2c(F)cccc2[nH]1. The van der Waals surface area contributed by atoms with E-state index in [9.17, 15) is 4.39 Å². The van der Waals surface area contributed by atoms with Crippen molar-refractivity contribution in [1.29, 1.82) is 0 Å². The summed E-state index contributed by atoms with van der Waals surface area (Å²) in [6, 6.07) is 4.89. The average molecular weight is 233 g/mol. The highest BCUT2D eigenvalue weighted by Crippen LogP contribution is 2.27. The van der Waals surface area contributed by atoms with E-state index in [2.05, 4.69) is 15.0 Å². The molecule has 1 N–H and O–H groups in total. The van der Waals surface area contributed by atoms with Gasteiger partial charge >= 0.3 is 0 Å². The zero-order chi connectivity index (χ0) is 11.1. The highest BCUT2D eigenvalue weighted by molar-refractivity contribution is 7.13. The molecule has 3 aromatic rings. The lowest BCUT2D eigenvalue weighted by molar-refractivity contribution is 0.637. The van der Waals surface area contributed by atoms with E-state index in [4.69, 9.17) is 0 Å². The van der Waals surface area contributed by atoms with Gasteiger partial charge < -0.3 is 4.98 Å². The Balaban J connectivity index is 2.27. The lowest BCUT2D eigenvalue weighted by atomic mass is 10.3. The summed E-state index contributed by atoms with van der Waals surface area (Å²) < 4.78 is 13.4. The first-order valence-electron chi connectivity index (χ1n) is 4.80. The van der Waals surface area contributed by atoms with Crippen LogP contribution in [0.5, 0.6) is 0 Å². The van der Waals surface area contributed by atoms with E-state index in [1.54, 1.807) is 11.6 Å². The number of hydrogen-bond donors (Lipinski definition) is 1. The smallest absolute Gasteiger partial charge is 0.151 e. The summed E-state index contributed by atoms with van der Waals surface area (Å²) in [7, 11) is 0. The Kier molecular flexibility index (Phi) is 2.00. The van der Waals surface area contributed by atoms with Crippen molar-refractivity contribution in [3.05, 3.63) is 35.2 Å². The molecule has 0 bridgehead atoms. The first-order valence-corrected chi connectivity index (χ1v) is 5.68. The van der Waals surface area contributed by atoms with Gasteiger partial charge in [0.15, 0.2) is 11.6 Å². The number of nitrogens with one attached hydrogen (secondary N) is 1. The van der Waals surface area contributed by atoms with E-state index in [1.165, 1.54) is 17.4 Å². The van der Waals surface area contributed by atoms with Crippen molar-refractivity contribution in [2.24, 2.45) is 0 Å². The van der Waals surface area contributed by atoms with Crippen molar-refractivity contribution in [2.45, 2.75) is 6.92 Å². The number of fused-ring (bicyclic) bond motifs is 1. The number of para-hydroxylation sites is 1. The largest absolute Gasteiger partial charge is 0.337 e. The van der Waals surface area contributed by atoms with Gasteiger partial charge in [0.05, 0.1) is 21.6 Å². The first-order chi connectivity index (χ1) is 7.75. The Morgan fingerprint density at radius 1 is 1.38 bits per heavy atom. The van der Waals surface area contributed by atoms with Crippen LogP contribution in [0.2, 0.25) is 0 Å². The molecular weight excluding hydrogens is 225 g/mol. The highest BCUT2D eigenvalue weighted by Gasteiger charge is 2.11. The number of aryl methyl sites for hydroxylation is 1. The Morgan fingerprint density at radius 3 is 2.94 bits per heavy atom. The van der Waals surface area contributed by atoms with Crippen LogP contribution < -0.4 is 0 Å². The third kappa shape index (κ3) is 1.32. The van der Waals surface area contributed by atoms with Crippen LogP contribution in [0, 0.1) is 12.7 Å². The van der Waals surface area contributed by atoms with Crippen LogP contribution in [0.15, 0.2) is 23.7 Å². The van der Waals surface area contributed by atoms with Crippen LogP contribution in [0.25, 0.3) is 21.7 Å². The van der Waals surface area contributed by atoms with Crippen LogP contribution in [-0.2, 0) is 0 Å². The Hall–Kier alpha value is -1.75. The summed E-state index contributed by atoms with van der Waals surface area (Å²) in [4.78, 5) is 12.5. The molecule has 0 atom stereocenters. The number of aromatic nitrogens is 3. The molecule has 5 heteroatoms. The third-order valence-corrected chi connectivity index (χ3v) is 3.36. The summed E-state index contributed by atoms with van der Waals surface area (Å²) in [5, 5.41) is 0. The van der Waals surface area contributed by atoms with E-state index in [0.717, 1.165) is 10.6 Å². The standard InChI is InChI=1S/C11H8FN3S/c1-6-10(16-5-13-6)11-14-8-4-2-3-7(12)9(8)15-11/h2-5H,1H3,(H,14,15). The Labute approximate surface area is 95.0 Å². The molecule has 0 saturated heterocycles. The van der Waals surface area contributed by atoms with Gasteiger partial charge in [-0.15, -0.1) is 11.3 Å². The fourth-order valence-electron chi connectivity index (χ4n) is 1.63. The molecule has 0 unspecified atom stereocenters. The summed E-state index contributed by atoms with van der Waals surface area (Å²) in [5.41, 5.74) is 3.76. The molecule has 0 aliphatic carbocycles. The van der Waals surface area contributed by atoms with Gasteiger partial charge in [0.25, 0.3) is 0 Å². The second kappa shape index (κ2) is 3.38. The minimum atomic E-state index is -0.304. The van der Waals surface area contributed by atoms with Gasteiger partial charge in [-0.05, 0) is 19.1 Å². The third-order valence-electron chi connectivity index (χ3n) is 2.42. The molecule has 80 valence electrons. The van der Waals surface area contributed by atoms with Crippen molar-refractivity contribution in [3.63, 3.8) is 0 Å². The van der Waals surface area contributed by atoms with Crippen LogP contribution in [0.4, 0.5) is 4.39 Å². The van der Waals surface area contributed by atoms with Crippen molar-refractivity contribution >= 4 is 22.4 Å². The number of H-pyrrole nitrogens is 1. The van der Waals surface area contributed by atoms with Crippen molar-refractivity contribution in [1.82, 2.24) is 15.0 Å². The predicted octanol–water partition coefficient (Wildman–Crippen LogP) is 3.13. The highest BCUT2D eigenvalue weighted by atomic mass is 32.1. The summed E-state index contributed by atoms with van der Waals surface area (Å²) in [6.07, 6.45) is 0. The van der Waals surface area contributed by atoms with Gasteiger partial charge in [0, 0.05) is 0 Å². The van der Waals surface area contributed by atoms with Crippen molar-refractivity contribution in [3.8, 4) is 10.7 Å². The number of rotatable bonds is 1. The van der Waals surface area contributed by atoms with Gasteiger partial charge in [-0.2, -0.15) is 0 Å². The quantitative estimate of drug-likeness (QED) is 0.701. The number of halogens is 1. The Morgan fingerprint density at radius 2 is 2.25 bits per heavy atom. The van der Waals surface area contributed by atoms with Crippen molar-refractivity contribution < 1.29 is 4.39 Å². The zero-order valence-electron chi connectivity index (χ0n) is 8.49. The predicted molar refractivity (Wildman–Crippen MR) is 61.9 cm³/mol. The van der Waals surface area contributed by atoms with E-state index in [1.807, 2.05) is 13.0 Å². The first kappa shape index (κ1) is 9.47. The fraction of sp³-hybridized carbons (Fsp3) is 0.0909. The molecule has 3 rings (SSSR count). The topological polar surface area (TPSA) is 41.6 Å². The summed E-state index contributed by atoms with van der Waals surface area (Å²) in [5.74, 6) is 0.377. The van der Waals surface area contributed by atoms with Crippen LogP contribution in [0.1, 0.15) is 5.69 Å². The molecule has 0 aliphatic heterocycles. The number of hydrogen-bond acceptors (Lipinski definition) is 3. The minimum Gasteiger partial charge on any atom is -0.337 e. The molecule has 2 heterocycles. The average Bonchev–Trinajstić information content (AvgIpc) is 2.84. The second-order valence-electron chi connectivity index (χ2n) is 3.49. The number of nitrogens with zero attached hydrogens (tertiary/aromatic N) is 2. The normalized spacial score (nSPS) is 11.1. The van der Waals surface area contributed by atoms with Gasteiger partial charge in [-0.1, -0.05) is 6.07 Å². The molecule has 2 aromatic heterocycles. The van der Waals surface area contributed by atoms with E-state index in [0.29, 0.717) is 16.9 Å². The van der Waals surface area contributed by atoms with Crippen LogP contribution in [-0.4, -0.2) is 15.0 Å². The molecule has 0 aliphatic rings. The maximum Gasteiger partial charge on any atom is 0.151 e. The van der Waals surface area contributed by atoms with E-state index >= 15 is 0 Å². The van der Waals surface area contributed by atoms with Gasteiger partial charge in [-0.25, -0.2) is 14.4 Å². The molecule has 0 saturated carbocycles. The number of aromatic amines is 1. The lowest BCUT2D eigenvalue weighted by Crippen LogP contribution is -1.79. The van der Waals surface area contributed by atoms with Crippen molar-refractivity contribution in [2.75, 3.05) is 0 Å². The van der Waals surface area contributed by atoms with Gasteiger partial charge in [-0.3, -0.25) is 0 Å². The molecule has 0 spiro atoms. The minimum absolute atomic E-state index is 0.304. The monoisotopic (exact) mass is 233 g/mol. The maximum absolute atomic E-state index is 13.4. The molecule has 0 radical (unpaired) electrons. The van der Waals surface area contributed by atoms with Gasteiger partial charge in [0.1, 0.15) is 5.52 Å². The van der Waals surface area contributed by atoms with Crippen LogP contribution >= 0.6 is 11.3 Å². The van der Waals surface area contributed by atoms with E-state index < -0.39 is 0 Å². The molecule has 0 amide bonds. The summed E-state index contributed by atoms with van der Waals surface area (Å²) in [6.45, 7) is 1.91. The number of imidazole rings is 1. The number of thiazole rings is 1. The zero-order valence-corrected chi connectivity index (χ0v) is 9.31. The number of benzene rings is 1. The molecule has 16 heavy (non-hydrogen) atoms. The maximum atomic E-state index is 13.4. The lowest BCUT2D eigenvalue weighted by Gasteiger charge is -1.90. The molecule has 0 fully saturated rings. The molecule has 1 aromatic carbocycles. The molecular formula is C11H8FN3S. The fourth-order valence-corrected chi connectivity index (χ4v) is 2.38. The van der Waals surface area contributed by atoms with Gasteiger partial charge in [0.2, 0.25) is 0 Å². The van der Waals surface area contributed by atoms with E-state index in [-0.39, 0.29) is 5.82 Å².